The number of carbonyl (C=O) groups is 1. The first-order valence-electron chi connectivity index (χ1n) is 5.93. The third-order valence-electron chi connectivity index (χ3n) is 3.23. The summed E-state index contributed by atoms with van der Waals surface area (Å²) in [6.45, 7) is -1.03. The van der Waals surface area contributed by atoms with Gasteiger partial charge in [0.25, 0.3) is 0 Å². The Kier molecular flexibility index (Phi) is 3.87. The van der Waals surface area contributed by atoms with E-state index in [1.165, 1.54) is 13.2 Å². The molecule has 0 saturated carbocycles. The number of hydrogen-bond acceptors (Lipinski definition) is 3. The third kappa shape index (κ3) is 2.94. The lowest BCUT2D eigenvalue weighted by atomic mass is 9.92. The zero-order chi connectivity index (χ0) is 14.0. The van der Waals surface area contributed by atoms with E-state index in [-0.39, 0.29) is 29.4 Å². The van der Waals surface area contributed by atoms with Crippen molar-refractivity contribution in [1.29, 1.82) is 0 Å². The summed E-state index contributed by atoms with van der Waals surface area (Å²) in [7, 11) is 1.39. The number of benzene rings is 1. The molecular formula is C13H15F2NO3. The van der Waals surface area contributed by atoms with Gasteiger partial charge in [-0.15, -0.1) is 0 Å². The Bertz CT molecular complexity index is 479. The van der Waals surface area contributed by atoms with Crippen molar-refractivity contribution in [2.24, 2.45) is 0 Å². The molecular weight excluding hydrogens is 256 g/mol. The van der Waals surface area contributed by atoms with Crippen molar-refractivity contribution in [3.8, 4) is 11.5 Å². The van der Waals surface area contributed by atoms with E-state index in [1.54, 1.807) is 12.1 Å². The molecule has 1 fully saturated rings. The maximum Gasteiger partial charge on any atom is 0.387 e. The molecule has 0 radical (unpaired) electrons. The van der Waals surface area contributed by atoms with Crippen LogP contribution in [0, 0.1) is 0 Å². The first kappa shape index (κ1) is 13.6. The SMILES string of the molecule is COc1ccc(C2CC(=O)NC2C)cc1OC(F)F. The summed E-state index contributed by atoms with van der Waals surface area (Å²) in [5.74, 6) is 0.151. The Balaban J connectivity index is 2.29. The van der Waals surface area contributed by atoms with Crippen LogP contribution in [0.15, 0.2) is 18.2 Å². The Labute approximate surface area is 109 Å². The van der Waals surface area contributed by atoms with Gasteiger partial charge in [-0.2, -0.15) is 8.78 Å². The van der Waals surface area contributed by atoms with Crippen molar-refractivity contribution >= 4 is 5.91 Å². The number of hydrogen-bond donors (Lipinski definition) is 1. The maximum absolute atomic E-state index is 12.3. The van der Waals surface area contributed by atoms with E-state index in [0.717, 1.165) is 5.56 Å². The molecule has 0 aromatic heterocycles. The standard InChI is InChI=1S/C13H15F2NO3/c1-7-9(6-12(17)16-7)8-3-4-10(18-2)11(5-8)19-13(14)15/h3-5,7,9,13H,6H2,1-2H3,(H,16,17). The number of amides is 1. The van der Waals surface area contributed by atoms with Crippen molar-refractivity contribution in [2.75, 3.05) is 7.11 Å². The number of rotatable bonds is 4. The minimum Gasteiger partial charge on any atom is -0.493 e. The van der Waals surface area contributed by atoms with Crippen molar-refractivity contribution in [1.82, 2.24) is 5.32 Å². The average molecular weight is 271 g/mol. The highest BCUT2D eigenvalue weighted by atomic mass is 19.3. The Morgan fingerprint density at radius 1 is 1.37 bits per heavy atom. The van der Waals surface area contributed by atoms with E-state index in [2.05, 4.69) is 10.1 Å². The number of carbonyl (C=O) groups excluding carboxylic acids is 1. The summed E-state index contributed by atoms with van der Waals surface area (Å²) < 4.78 is 34.1. The van der Waals surface area contributed by atoms with Crippen LogP contribution in [-0.2, 0) is 4.79 Å². The highest BCUT2D eigenvalue weighted by molar-refractivity contribution is 5.80. The Hall–Kier alpha value is -1.85. The molecule has 1 aromatic carbocycles. The number of alkyl halides is 2. The topological polar surface area (TPSA) is 47.6 Å². The van der Waals surface area contributed by atoms with Crippen LogP contribution in [0.4, 0.5) is 8.78 Å². The van der Waals surface area contributed by atoms with Gasteiger partial charge in [-0.1, -0.05) is 6.07 Å². The van der Waals surface area contributed by atoms with Crippen LogP contribution in [0.1, 0.15) is 24.8 Å². The van der Waals surface area contributed by atoms with Gasteiger partial charge >= 0.3 is 6.61 Å². The number of nitrogens with one attached hydrogen (secondary N) is 1. The molecule has 1 aliphatic heterocycles. The van der Waals surface area contributed by atoms with Gasteiger partial charge in [0.15, 0.2) is 11.5 Å². The fraction of sp³-hybridized carbons (Fsp3) is 0.462. The second-order valence-electron chi connectivity index (χ2n) is 4.46. The molecule has 1 heterocycles. The van der Waals surface area contributed by atoms with E-state index in [0.29, 0.717) is 6.42 Å². The molecule has 1 aromatic rings. The second kappa shape index (κ2) is 5.42. The molecule has 19 heavy (non-hydrogen) atoms. The molecule has 104 valence electrons. The van der Waals surface area contributed by atoms with Crippen LogP contribution in [0.2, 0.25) is 0 Å². The maximum atomic E-state index is 12.3. The lowest BCUT2D eigenvalue weighted by Gasteiger charge is -2.17. The fourth-order valence-corrected chi connectivity index (χ4v) is 2.31. The summed E-state index contributed by atoms with van der Waals surface area (Å²) in [6.07, 6.45) is 0.349. The zero-order valence-corrected chi connectivity index (χ0v) is 10.7. The Morgan fingerprint density at radius 2 is 2.11 bits per heavy atom. The minimum absolute atomic E-state index is 0.0125. The van der Waals surface area contributed by atoms with Crippen LogP contribution in [0.25, 0.3) is 0 Å². The monoisotopic (exact) mass is 271 g/mol. The summed E-state index contributed by atoms with van der Waals surface area (Å²) in [5.41, 5.74) is 0.780. The summed E-state index contributed by atoms with van der Waals surface area (Å²) in [6, 6.07) is 4.81. The molecule has 6 heteroatoms. The first-order valence-corrected chi connectivity index (χ1v) is 5.93. The van der Waals surface area contributed by atoms with Crippen molar-refractivity contribution in [3.63, 3.8) is 0 Å². The van der Waals surface area contributed by atoms with E-state index in [4.69, 9.17) is 4.74 Å². The lowest BCUT2D eigenvalue weighted by molar-refractivity contribution is -0.119. The van der Waals surface area contributed by atoms with Gasteiger partial charge in [0.05, 0.1) is 7.11 Å². The molecule has 1 aliphatic rings. The smallest absolute Gasteiger partial charge is 0.387 e. The van der Waals surface area contributed by atoms with Crippen LogP contribution in [0.5, 0.6) is 11.5 Å². The highest BCUT2D eigenvalue weighted by Gasteiger charge is 2.30. The van der Waals surface area contributed by atoms with Gasteiger partial charge in [-0.3, -0.25) is 4.79 Å². The Morgan fingerprint density at radius 3 is 2.63 bits per heavy atom. The van der Waals surface area contributed by atoms with Crippen LogP contribution in [-0.4, -0.2) is 25.7 Å². The molecule has 4 nitrogen and oxygen atoms in total. The quantitative estimate of drug-likeness (QED) is 0.914. The molecule has 0 bridgehead atoms. The molecule has 1 N–H and O–H groups in total. The van der Waals surface area contributed by atoms with E-state index in [1.807, 2.05) is 6.92 Å². The predicted octanol–water partition coefficient (Wildman–Crippen LogP) is 2.29. The second-order valence-corrected chi connectivity index (χ2v) is 4.46. The molecule has 2 atom stereocenters. The summed E-state index contributed by atoms with van der Waals surface area (Å²) in [5, 5.41) is 2.79. The fourth-order valence-electron chi connectivity index (χ4n) is 2.31. The summed E-state index contributed by atoms with van der Waals surface area (Å²) in [4.78, 5) is 11.3. The van der Waals surface area contributed by atoms with Crippen molar-refractivity contribution < 1.29 is 23.0 Å². The largest absolute Gasteiger partial charge is 0.493 e. The molecule has 0 spiro atoms. The van der Waals surface area contributed by atoms with Crippen molar-refractivity contribution in [3.05, 3.63) is 23.8 Å². The third-order valence-corrected chi connectivity index (χ3v) is 3.23. The average Bonchev–Trinajstić information content (AvgIpc) is 2.67. The van der Waals surface area contributed by atoms with E-state index >= 15 is 0 Å². The number of halogens is 2. The number of ether oxygens (including phenoxy) is 2. The van der Waals surface area contributed by atoms with Gasteiger partial charge in [0, 0.05) is 18.4 Å². The van der Waals surface area contributed by atoms with Gasteiger partial charge in [-0.25, -0.2) is 0 Å². The van der Waals surface area contributed by atoms with Crippen LogP contribution in [0.3, 0.4) is 0 Å². The van der Waals surface area contributed by atoms with Gasteiger partial charge in [-0.05, 0) is 24.6 Å². The zero-order valence-electron chi connectivity index (χ0n) is 10.7. The van der Waals surface area contributed by atoms with Gasteiger partial charge < -0.3 is 14.8 Å². The van der Waals surface area contributed by atoms with Crippen molar-refractivity contribution in [2.45, 2.75) is 31.9 Å². The normalized spacial score (nSPS) is 22.5. The molecule has 0 aliphatic carbocycles. The number of methoxy groups -OCH3 is 1. The lowest BCUT2D eigenvalue weighted by Crippen LogP contribution is -2.24. The van der Waals surface area contributed by atoms with Gasteiger partial charge in [0.2, 0.25) is 5.91 Å². The predicted molar refractivity (Wildman–Crippen MR) is 64.6 cm³/mol. The van der Waals surface area contributed by atoms with Crippen LogP contribution < -0.4 is 14.8 Å². The van der Waals surface area contributed by atoms with E-state index in [9.17, 15) is 13.6 Å². The molecule has 1 amide bonds. The van der Waals surface area contributed by atoms with Gasteiger partial charge in [0.1, 0.15) is 0 Å². The molecule has 2 rings (SSSR count). The molecule has 2 unspecified atom stereocenters. The summed E-state index contributed by atoms with van der Waals surface area (Å²) >= 11 is 0. The minimum atomic E-state index is -2.91. The molecule has 1 saturated heterocycles. The van der Waals surface area contributed by atoms with Crippen LogP contribution >= 0.6 is 0 Å². The highest BCUT2D eigenvalue weighted by Crippen LogP contribution is 2.35. The first-order chi connectivity index (χ1) is 9.01. The van der Waals surface area contributed by atoms with E-state index < -0.39 is 6.61 Å².